The minimum atomic E-state index is -3.14. The van der Waals surface area contributed by atoms with Crippen LogP contribution in [0.25, 0.3) is 0 Å². The van der Waals surface area contributed by atoms with Crippen molar-refractivity contribution in [1.29, 1.82) is 0 Å². The van der Waals surface area contributed by atoms with Crippen LogP contribution in [0.4, 0.5) is 4.39 Å². The van der Waals surface area contributed by atoms with E-state index in [4.69, 9.17) is 0 Å². The summed E-state index contributed by atoms with van der Waals surface area (Å²) in [4.78, 5) is 2.29. The Balaban J connectivity index is 1.80. The van der Waals surface area contributed by atoms with Crippen LogP contribution in [0.1, 0.15) is 25.3 Å². The van der Waals surface area contributed by atoms with Gasteiger partial charge in [-0.15, -0.1) is 0 Å². The number of benzene rings is 1. The number of rotatable bonds is 6. The second kappa shape index (κ2) is 6.85. The van der Waals surface area contributed by atoms with Crippen molar-refractivity contribution < 1.29 is 12.8 Å². The lowest BCUT2D eigenvalue weighted by molar-refractivity contribution is 0.243. The van der Waals surface area contributed by atoms with Crippen LogP contribution in [0.5, 0.6) is 0 Å². The van der Waals surface area contributed by atoms with Gasteiger partial charge in [-0.3, -0.25) is 4.90 Å². The normalized spacial score (nSPS) is 21.6. The Morgan fingerprint density at radius 2 is 2.24 bits per heavy atom. The third kappa shape index (κ3) is 5.37. The van der Waals surface area contributed by atoms with Gasteiger partial charge in [-0.05, 0) is 43.9 Å². The van der Waals surface area contributed by atoms with E-state index < -0.39 is 10.0 Å². The van der Waals surface area contributed by atoms with Crippen molar-refractivity contribution >= 4 is 10.0 Å². The maximum absolute atomic E-state index is 13.1. The van der Waals surface area contributed by atoms with Crippen molar-refractivity contribution in [1.82, 2.24) is 9.62 Å². The van der Waals surface area contributed by atoms with Crippen LogP contribution in [0.3, 0.4) is 0 Å². The van der Waals surface area contributed by atoms with Crippen LogP contribution in [-0.4, -0.2) is 44.7 Å². The number of sulfonamides is 1. The molecule has 0 radical (unpaired) electrons. The van der Waals surface area contributed by atoms with E-state index in [0.717, 1.165) is 37.9 Å². The third-order valence-corrected chi connectivity index (χ3v) is 4.73. The fraction of sp³-hybridized carbons (Fsp3) is 0.600. The van der Waals surface area contributed by atoms with Crippen LogP contribution in [-0.2, 0) is 16.4 Å². The first kappa shape index (κ1) is 16.4. The number of nitrogens with zero attached hydrogens (tertiary/aromatic N) is 1. The molecule has 2 unspecified atom stereocenters. The molecule has 2 atom stereocenters. The lowest BCUT2D eigenvalue weighted by atomic mass is 10.1. The molecule has 0 bridgehead atoms. The monoisotopic (exact) mass is 314 g/mol. The van der Waals surface area contributed by atoms with Crippen molar-refractivity contribution in [3.8, 4) is 0 Å². The summed E-state index contributed by atoms with van der Waals surface area (Å²) in [6.45, 7) is 3.79. The molecule has 1 N–H and O–H groups in total. The summed E-state index contributed by atoms with van der Waals surface area (Å²) in [5, 5.41) is 0. The minimum absolute atomic E-state index is 0.0108. The zero-order chi connectivity index (χ0) is 15.5. The van der Waals surface area contributed by atoms with E-state index in [9.17, 15) is 12.8 Å². The molecular weight excluding hydrogens is 291 g/mol. The highest BCUT2D eigenvalue weighted by Gasteiger charge is 2.27. The highest BCUT2D eigenvalue weighted by atomic mass is 32.2. The molecule has 118 valence electrons. The predicted octanol–water partition coefficient (Wildman–Crippen LogP) is 1.77. The molecule has 0 amide bonds. The summed E-state index contributed by atoms with van der Waals surface area (Å²) in [6.07, 6.45) is 3.81. The minimum Gasteiger partial charge on any atom is -0.299 e. The molecule has 2 rings (SSSR count). The van der Waals surface area contributed by atoms with Gasteiger partial charge in [-0.2, -0.15) is 0 Å². The highest BCUT2D eigenvalue weighted by Crippen LogP contribution is 2.17. The largest absolute Gasteiger partial charge is 0.299 e. The Labute approximate surface area is 126 Å². The van der Waals surface area contributed by atoms with Gasteiger partial charge in [0.1, 0.15) is 5.82 Å². The van der Waals surface area contributed by atoms with E-state index in [1.165, 1.54) is 12.3 Å². The fourth-order valence-electron chi connectivity index (χ4n) is 2.84. The Kier molecular flexibility index (Phi) is 5.35. The molecule has 4 nitrogen and oxygen atoms in total. The first-order valence-electron chi connectivity index (χ1n) is 7.29. The number of hydrogen-bond acceptors (Lipinski definition) is 3. The third-order valence-electron chi connectivity index (χ3n) is 3.96. The number of halogens is 1. The average Bonchev–Trinajstić information content (AvgIpc) is 2.82. The Bertz CT molecular complexity index is 577. The molecule has 0 saturated carbocycles. The van der Waals surface area contributed by atoms with Crippen molar-refractivity contribution in [2.24, 2.45) is 0 Å². The summed E-state index contributed by atoms with van der Waals surface area (Å²) in [7, 11) is -3.14. The van der Waals surface area contributed by atoms with E-state index in [1.54, 1.807) is 12.1 Å². The van der Waals surface area contributed by atoms with Gasteiger partial charge in [0.25, 0.3) is 0 Å². The highest BCUT2D eigenvalue weighted by molar-refractivity contribution is 7.88. The van der Waals surface area contributed by atoms with E-state index >= 15 is 0 Å². The molecule has 0 spiro atoms. The standard InChI is InChI=1S/C15H23FN2O2S/c1-12(6-7-13-4-3-5-14(16)10-13)18-9-8-15(11-18)17-21(2,19)20/h3-5,10,12,15,17H,6-9,11H2,1-2H3. The molecule has 6 heteroatoms. The molecule has 1 aliphatic heterocycles. The second-order valence-electron chi connectivity index (χ2n) is 5.89. The average molecular weight is 314 g/mol. The van der Waals surface area contributed by atoms with Gasteiger partial charge >= 0.3 is 0 Å². The molecule has 1 aromatic rings. The Hall–Kier alpha value is -0.980. The molecule has 1 aliphatic rings. The second-order valence-corrected chi connectivity index (χ2v) is 7.67. The van der Waals surface area contributed by atoms with Crippen LogP contribution in [0.2, 0.25) is 0 Å². The zero-order valence-corrected chi connectivity index (χ0v) is 13.4. The van der Waals surface area contributed by atoms with Gasteiger partial charge in [0.05, 0.1) is 6.26 Å². The first-order chi connectivity index (χ1) is 9.83. The van der Waals surface area contributed by atoms with Crippen LogP contribution in [0.15, 0.2) is 24.3 Å². The lowest BCUT2D eigenvalue weighted by Gasteiger charge is -2.24. The smallest absolute Gasteiger partial charge is 0.208 e. The van der Waals surface area contributed by atoms with Crippen LogP contribution < -0.4 is 4.72 Å². The number of nitrogens with one attached hydrogen (secondary N) is 1. The molecule has 1 aromatic carbocycles. The Morgan fingerprint density at radius 3 is 2.90 bits per heavy atom. The quantitative estimate of drug-likeness (QED) is 0.870. The molecular formula is C15H23FN2O2S. The SMILES string of the molecule is CC(CCc1cccc(F)c1)N1CCC(NS(C)(=O)=O)C1. The van der Waals surface area contributed by atoms with Crippen LogP contribution >= 0.6 is 0 Å². The summed E-state index contributed by atoms with van der Waals surface area (Å²) >= 11 is 0. The van der Waals surface area contributed by atoms with E-state index in [1.807, 2.05) is 6.07 Å². The van der Waals surface area contributed by atoms with Gasteiger partial charge < -0.3 is 0 Å². The van der Waals surface area contributed by atoms with Gasteiger partial charge in [0.2, 0.25) is 10.0 Å². The van der Waals surface area contributed by atoms with Crippen molar-refractivity contribution in [3.63, 3.8) is 0 Å². The first-order valence-corrected chi connectivity index (χ1v) is 9.18. The summed E-state index contributed by atoms with van der Waals surface area (Å²) in [5.74, 6) is -0.196. The number of hydrogen-bond donors (Lipinski definition) is 1. The molecule has 21 heavy (non-hydrogen) atoms. The van der Waals surface area contributed by atoms with E-state index in [2.05, 4.69) is 16.5 Å². The molecule has 0 aromatic heterocycles. The van der Waals surface area contributed by atoms with Crippen molar-refractivity contribution in [2.75, 3.05) is 19.3 Å². The molecule has 1 heterocycles. The predicted molar refractivity (Wildman–Crippen MR) is 82.1 cm³/mol. The fourth-order valence-corrected chi connectivity index (χ4v) is 3.64. The zero-order valence-electron chi connectivity index (χ0n) is 12.5. The topological polar surface area (TPSA) is 49.4 Å². The Morgan fingerprint density at radius 1 is 1.48 bits per heavy atom. The maximum Gasteiger partial charge on any atom is 0.208 e. The van der Waals surface area contributed by atoms with E-state index in [-0.39, 0.29) is 11.9 Å². The van der Waals surface area contributed by atoms with Crippen LogP contribution in [0, 0.1) is 5.82 Å². The van der Waals surface area contributed by atoms with E-state index in [0.29, 0.717) is 6.04 Å². The van der Waals surface area contributed by atoms with Gasteiger partial charge in [-0.25, -0.2) is 17.5 Å². The number of likely N-dealkylation sites (tertiary alicyclic amines) is 1. The molecule has 1 saturated heterocycles. The summed E-state index contributed by atoms with van der Waals surface area (Å²) < 4.78 is 38.3. The summed E-state index contributed by atoms with van der Waals surface area (Å²) in [6, 6.07) is 7.07. The van der Waals surface area contributed by atoms with Gasteiger partial charge in [0, 0.05) is 25.2 Å². The molecule has 0 aliphatic carbocycles. The summed E-state index contributed by atoms with van der Waals surface area (Å²) in [5.41, 5.74) is 1.01. The maximum atomic E-state index is 13.1. The van der Waals surface area contributed by atoms with Gasteiger partial charge in [-0.1, -0.05) is 12.1 Å². The molecule has 1 fully saturated rings. The van der Waals surface area contributed by atoms with Crippen molar-refractivity contribution in [2.45, 2.75) is 38.3 Å². The van der Waals surface area contributed by atoms with Gasteiger partial charge in [0.15, 0.2) is 0 Å². The number of aryl methyl sites for hydroxylation is 1. The lowest BCUT2D eigenvalue weighted by Crippen LogP contribution is -2.38. The van der Waals surface area contributed by atoms with Crippen molar-refractivity contribution in [3.05, 3.63) is 35.6 Å².